The highest BCUT2D eigenvalue weighted by Gasteiger charge is 2.54. The topological polar surface area (TPSA) is 194 Å². The molecule has 2 aliphatic carbocycles. The molecule has 230 valence electrons. The van der Waals surface area contributed by atoms with Crippen LogP contribution >= 0.6 is 0 Å². The van der Waals surface area contributed by atoms with Gasteiger partial charge in [0.15, 0.2) is 0 Å². The number of aliphatic hydroxyl groups is 1. The van der Waals surface area contributed by atoms with Gasteiger partial charge in [-0.15, -0.1) is 0 Å². The van der Waals surface area contributed by atoms with Crippen molar-refractivity contribution in [2.45, 2.75) is 76.2 Å². The fraction of sp³-hybridized carbons (Fsp3) is 0.586. The number of ether oxygens (including phenoxy) is 1. The zero-order chi connectivity index (χ0) is 30.2. The van der Waals surface area contributed by atoms with Crippen molar-refractivity contribution in [3.8, 4) is 0 Å². The van der Waals surface area contributed by atoms with E-state index in [1.807, 2.05) is 0 Å². The molecular formula is C29H38N8O6. The van der Waals surface area contributed by atoms with Gasteiger partial charge in [0, 0.05) is 37.7 Å². The van der Waals surface area contributed by atoms with Gasteiger partial charge in [0.1, 0.15) is 35.0 Å². The maximum absolute atomic E-state index is 13.9. The van der Waals surface area contributed by atoms with Crippen LogP contribution in [0.2, 0.25) is 0 Å². The third-order valence-electron chi connectivity index (χ3n) is 9.22. The molecule has 2 spiro atoms. The van der Waals surface area contributed by atoms with Crippen LogP contribution < -0.4 is 27.2 Å². The molecule has 0 aromatic carbocycles. The molecule has 2 aliphatic heterocycles. The number of hydrogen-bond donors (Lipinski definition) is 5. The second-order valence-corrected chi connectivity index (χ2v) is 12.2. The Kier molecular flexibility index (Phi) is 7.81. The van der Waals surface area contributed by atoms with Gasteiger partial charge in [-0.05, 0) is 62.8 Å². The lowest BCUT2D eigenvalue weighted by Crippen LogP contribution is -2.50. The third kappa shape index (κ3) is 6.07. The summed E-state index contributed by atoms with van der Waals surface area (Å²) in [5, 5.41) is 18.4. The van der Waals surface area contributed by atoms with E-state index in [2.05, 4.69) is 25.9 Å². The fourth-order valence-electron chi connectivity index (χ4n) is 6.51. The molecule has 3 fully saturated rings. The van der Waals surface area contributed by atoms with Gasteiger partial charge in [0.25, 0.3) is 11.5 Å². The molecule has 14 heteroatoms. The first kappa shape index (κ1) is 29.1. The number of carbonyl (C=O) groups is 3. The van der Waals surface area contributed by atoms with Crippen LogP contribution in [0, 0.1) is 5.41 Å². The number of amides is 3. The van der Waals surface area contributed by atoms with Crippen molar-refractivity contribution < 1.29 is 24.2 Å². The molecule has 4 aliphatic rings. The number of pyridine rings is 1. The number of likely N-dealkylation sites (tertiary alicyclic amines) is 1. The number of anilines is 3. The van der Waals surface area contributed by atoms with E-state index in [0.717, 1.165) is 12.8 Å². The van der Waals surface area contributed by atoms with Crippen LogP contribution in [0.1, 0.15) is 73.8 Å². The number of carbonyl (C=O) groups excluding carboxylic acids is 3. The first-order chi connectivity index (χ1) is 20.7. The molecule has 14 nitrogen and oxygen atoms in total. The largest absolute Gasteiger partial charge is 0.391 e. The SMILES string of the molecule is Nc1cc(Nc2cc(COCCCC(=O)NCC(=O)N3CCC(O)C3)c3n(c2=O)C2(CCC4(CC4)CC2)NC3=O)ncn1. The van der Waals surface area contributed by atoms with Gasteiger partial charge in [-0.25, -0.2) is 9.97 Å². The van der Waals surface area contributed by atoms with E-state index in [1.165, 1.54) is 30.1 Å². The molecule has 1 saturated heterocycles. The highest BCUT2D eigenvalue weighted by molar-refractivity contribution is 5.97. The summed E-state index contributed by atoms with van der Waals surface area (Å²) in [4.78, 5) is 61.2. The van der Waals surface area contributed by atoms with E-state index in [1.54, 1.807) is 10.6 Å². The first-order valence-electron chi connectivity index (χ1n) is 14.9. The molecule has 6 N–H and O–H groups in total. The van der Waals surface area contributed by atoms with E-state index in [4.69, 9.17) is 10.5 Å². The Morgan fingerprint density at radius 2 is 1.91 bits per heavy atom. The molecule has 6 rings (SSSR count). The van der Waals surface area contributed by atoms with Crippen molar-refractivity contribution in [2.24, 2.45) is 5.41 Å². The minimum atomic E-state index is -0.781. The minimum absolute atomic E-state index is 0.0566. The predicted molar refractivity (Wildman–Crippen MR) is 155 cm³/mol. The normalized spacial score (nSPS) is 21.1. The number of nitrogens with one attached hydrogen (secondary N) is 3. The van der Waals surface area contributed by atoms with Gasteiger partial charge in [0.2, 0.25) is 11.8 Å². The van der Waals surface area contributed by atoms with Crippen LogP contribution in [0.15, 0.2) is 23.3 Å². The van der Waals surface area contributed by atoms with Gasteiger partial charge >= 0.3 is 0 Å². The molecule has 3 amide bonds. The monoisotopic (exact) mass is 594 g/mol. The van der Waals surface area contributed by atoms with Crippen LogP contribution in [0.5, 0.6) is 0 Å². The summed E-state index contributed by atoms with van der Waals surface area (Å²) in [5.74, 6) is -0.179. The Hall–Kier alpha value is -4.04. The molecule has 1 atom stereocenters. The summed E-state index contributed by atoms with van der Waals surface area (Å²) in [6, 6.07) is 3.14. The zero-order valence-electron chi connectivity index (χ0n) is 24.1. The maximum Gasteiger partial charge on any atom is 0.276 e. The zero-order valence-corrected chi connectivity index (χ0v) is 24.1. The van der Waals surface area contributed by atoms with Crippen molar-refractivity contribution in [1.82, 2.24) is 30.1 Å². The van der Waals surface area contributed by atoms with Crippen LogP contribution in [0.3, 0.4) is 0 Å². The second kappa shape index (κ2) is 11.6. The number of hydrogen-bond acceptors (Lipinski definition) is 10. The van der Waals surface area contributed by atoms with Gasteiger partial charge in [-0.3, -0.25) is 23.7 Å². The Labute approximate surface area is 248 Å². The highest BCUT2D eigenvalue weighted by Crippen LogP contribution is 2.59. The van der Waals surface area contributed by atoms with Gasteiger partial charge < -0.3 is 36.4 Å². The average molecular weight is 595 g/mol. The number of fused-ring (bicyclic) bond motifs is 2. The summed E-state index contributed by atoms with van der Waals surface area (Å²) >= 11 is 0. The fourth-order valence-corrected chi connectivity index (χ4v) is 6.51. The number of rotatable bonds is 10. The molecule has 0 bridgehead atoms. The Balaban J connectivity index is 1.12. The van der Waals surface area contributed by atoms with Gasteiger partial charge in [-0.2, -0.15) is 0 Å². The van der Waals surface area contributed by atoms with Crippen molar-refractivity contribution in [1.29, 1.82) is 0 Å². The molecule has 43 heavy (non-hydrogen) atoms. The molecule has 2 saturated carbocycles. The number of nitrogens with zero attached hydrogens (tertiary/aromatic N) is 4. The van der Waals surface area contributed by atoms with E-state index in [0.29, 0.717) is 61.3 Å². The lowest BCUT2D eigenvalue weighted by Gasteiger charge is -2.39. The Morgan fingerprint density at radius 3 is 2.60 bits per heavy atom. The lowest BCUT2D eigenvalue weighted by molar-refractivity contribution is -0.132. The van der Waals surface area contributed by atoms with Crippen LogP contribution in [0.4, 0.5) is 17.3 Å². The highest BCUT2D eigenvalue weighted by atomic mass is 16.5. The van der Waals surface area contributed by atoms with Crippen LogP contribution in [-0.2, 0) is 26.6 Å². The van der Waals surface area contributed by atoms with E-state index < -0.39 is 11.8 Å². The van der Waals surface area contributed by atoms with Gasteiger partial charge in [-0.1, -0.05) is 0 Å². The number of aliphatic hydroxyl groups excluding tert-OH is 1. The van der Waals surface area contributed by atoms with E-state index >= 15 is 0 Å². The number of β-amino-alcohol motifs (C(OH)–C–C–N with tert-alkyl or cyclic N) is 1. The number of nitrogen functional groups attached to an aromatic ring is 1. The standard InChI is InChI=1S/C29H38N8O6/c30-21-13-22(33-17-32-21)34-20-12-18(16-43-11-1-2-23(39)31-14-24(40)36-10-3-19(38)15-36)25-26(41)35-29(37(25)27(20)42)8-6-28(4-5-28)7-9-29/h12-13,17,19,38H,1-11,14-16H2,(H,31,39)(H,35,41)(H3,30,32,33,34). The minimum Gasteiger partial charge on any atom is -0.391 e. The Morgan fingerprint density at radius 1 is 1.14 bits per heavy atom. The van der Waals surface area contributed by atoms with E-state index in [9.17, 15) is 24.3 Å². The summed E-state index contributed by atoms with van der Waals surface area (Å²) in [6.45, 7) is 0.967. The quantitative estimate of drug-likeness (QED) is 0.245. The Bertz CT molecular complexity index is 1480. The van der Waals surface area contributed by atoms with E-state index in [-0.39, 0.29) is 61.0 Å². The summed E-state index contributed by atoms with van der Waals surface area (Å²) in [6.07, 6.45) is 7.60. The maximum atomic E-state index is 13.9. The second-order valence-electron chi connectivity index (χ2n) is 12.2. The van der Waals surface area contributed by atoms with Crippen molar-refractivity contribution in [3.05, 3.63) is 40.1 Å². The van der Waals surface area contributed by atoms with Crippen LogP contribution in [0.25, 0.3) is 0 Å². The van der Waals surface area contributed by atoms with Gasteiger partial charge in [0.05, 0.1) is 19.3 Å². The average Bonchev–Trinajstić information content (AvgIpc) is 3.49. The first-order valence-corrected chi connectivity index (χ1v) is 14.9. The summed E-state index contributed by atoms with van der Waals surface area (Å²) < 4.78 is 7.50. The smallest absolute Gasteiger partial charge is 0.276 e. The number of nitrogens with two attached hydrogens (primary N) is 1. The molecule has 0 radical (unpaired) electrons. The molecule has 2 aromatic rings. The summed E-state index contributed by atoms with van der Waals surface area (Å²) in [5.41, 5.74) is 6.16. The van der Waals surface area contributed by atoms with Crippen molar-refractivity contribution >= 4 is 35.0 Å². The third-order valence-corrected chi connectivity index (χ3v) is 9.22. The van der Waals surface area contributed by atoms with Crippen molar-refractivity contribution in [2.75, 3.05) is 37.3 Å². The summed E-state index contributed by atoms with van der Waals surface area (Å²) in [7, 11) is 0. The molecular weight excluding hydrogens is 556 g/mol. The predicted octanol–water partition coefficient (Wildman–Crippen LogP) is 0.721. The van der Waals surface area contributed by atoms with Crippen LogP contribution in [-0.4, -0.2) is 74.6 Å². The molecule has 2 aromatic heterocycles. The van der Waals surface area contributed by atoms with Crippen molar-refractivity contribution in [3.63, 3.8) is 0 Å². The molecule has 4 heterocycles. The molecule has 1 unspecified atom stereocenters. The lowest BCUT2D eigenvalue weighted by atomic mass is 9.79. The number of aromatic nitrogens is 3.